The molecule has 1 N–H and O–H groups in total. The topological polar surface area (TPSA) is 82.5 Å². The number of rotatable bonds is 5. The maximum atomic E-state index is 13.1. The van der Waals surface area contributed by atoms with Gasteiger partial charge in [0.05, 0.1) is 11.7 Å². The highest BCUT2D eigenvalue weighted by atomic mass is 32.1. The maximum Gasteiger partial charge on any atom is 0.262 e. The van der Waals surface area contributed by atoms with Crippen LogP contribution in [0.5, 0.6) is 11.5 Å². The number of nitrogens with zero attached hydrogens (tertiary/aromatic N) is 2. The van der Waals surface area contributed by atoms with E-state index in [9.17, 15) is 9.59 Å². The zero-order valence-corrected chi connectivity index (χ0v) is 17.6. The Kier molecular flexibility index (Phi) is 4.91. The fourth-order valence-corrected chi connectivity index (χ4v) is 4.40. The molecule has 0 saturated heterocycles. The molecule has 0 unspecified atom stereocenters. The first kappa shape index (κ1) is 19.3. The van der Waals surface area contributed by atoms with Gasteiger partial charge in [-0.15, -0.1) is 11.3 Å². The number of amides is 1. The predicted octanol–water partition coefficient (Wildman–Crippen LogP) is 4.19. The van der Waals surface area contributed by atoms with Crippen molar-refractivity contribution in [3.05, 3.63) is 70.1 Å². The Balaban J connectivity index is 1.34. The van der Waals surface area contributed by atoms with Crippen molar-refractivity contribution in [3.8, 4) is 22.6 Å². The molecule has 0 bridgehead atoms. The van der Waals surface area contributed by atoms with Gasteiger partial charge in [0.15, 0.2) is 11.5 Å². The van der Waals surface area contributed by atoms with Crippen LogP contribution < -0.4 is 20.3 Å². The molecule has 7 nitrogen and oxygen atoms in total. The van der Waals surface area contributed by atoms with Crippen molar-refractivity contribution >= 4 is 33.1 Å². The van der Waals surface area contributed by atoms with Gasteiger partial charge in [0.25, 0.3) is 5.56 Å². The zero-order valence-electron chi connectivity index (χ0n) is 16.8. The third-order valence-electron chi connectivity index (χ3n) is 5.16. The van der Waals surface area contributed by atoms with Gasteiger partial charge in [-0.2, -0.15) is 0 Å². The summed E-state index contributed by atoms with van der Waals surface area (Å²) < 4.78 is 12.1. The Labute approximate surface area is 181 Å². The van der Waals surface area contributed by atoms with Gasteiger partial charge in [-0.1, -0.05) is 29.8 Å². The lowest BCUT2D eigenvalue weighted by atomic mass is 10.1. The normalized spacial score (nSPS) is 12.3. The molecule has 156 valence electrons. The summed E-state index contributed by atoms with van der Waals surface area (Å²) in [5.41, 5.74) is 3.49. The lowest BCUT2D eigenvalue weighted by Crippen LogP contribution is -2.23. The number of hydrogen-bond donors (Lipinski definition) is 1. The van der Waals surface area contributed by atoms with Gasteiger partial charge in [0.2, 0.25) is 12.7 Å². The van der Waals surface area contributed by atoms with Crippen molar-refractivity contribution in [2.75, 3.05) is 12.1 Å². The molecular formula is C23H19N3O4S. The number of anilines is 1. The second-order valence-corrected chi connectivity index (χ2v) is 8.16. The zero-order chi connectivity index (χ0) is 21.4. The van der Waals surface area contributed by atoms with E-state index in [1.165, 1.54) is 22.2 Å². The first-order valence-electron chi connectivity index (χ1n) is 9.82. The van der Waals surface area contributed by atoms with Crippen LogP contribution in [0.3, 0.4) is 0 Å². The molecule has 0 fully saturated rings. The monoisotopic (exact) mass is 433 g/mol. The first-order chi connectivity index (χ1) is 15.1. The first-order valence-corrected chi connectivity index (χ1v) is 10.7. The largest absolute Gasteiger partial charge is 0.454 e. The van der Waals surface area contributed by atoms with Crippen LogP contribution in [0.4, 0.5) is 5.69 Å². The number of ether oxygens (including phenoxy) is 2. The van der Waals surface area contributed by atoms with Crippen LogP contribution in [0.1, 0.15) is 12.0 Å². The lowest BCUT2D eigenvalue weighted by Gasteiger charge is -2.08. The highest BCUT2D eigenvalue weighted by Crippen LogP contribution is 2.34. The molecule has 1 aliphatic rings. The van der Waals surface area contributed by atoms with Crippen molar-refractivity contribution in [1.29, 1.82) is 0 Å². The molecule has 5 rings (SSSR count). The average molecular weight is 433 g/mol. The van der Waals surface area contributed by atoms with Gasteiger partial charge in [0, 0.05) is 35.7 Å². The van der Waals surface area contributed by atoms with E-state index in [-0.39, 0.29) is 31.2 Å². The number of thiophene rings is 1. The van der Waals surface area contributed by atoms with E-state index in [4.69, 9.17) is 9.47 Å². The molecular weight excluding hydrogens is 414 g/mol. The molecule has 31 heavy (non-hydrogen) atoms. The summed E-state index contributed by atoms with van der Waals surface area (Å²) in [7, 11) is 0. The number of carbonyl (C=O) groups is 1. The molecule has 3 heterocycles. The molecule has 4 aromatic rings. The number of carbonyl (C=O) groups excluding carboxylic acids is 1. The van der Waals surface area contributed by atoms with E-state index in [1.54, 1.807) is 18.2 Å². The summed E-state index contributed by atoms with van der Waals surface area (Å²) in [6.07, 6.45) is 1.65. The van der Waals surface area contributed by atoms with E-state index < -0.39 is 0 Å². The van der Waals surface area contributed by atoms with Crippen molar-refractivity contribution in [2.24, 2.45) is 0 Å². The molecule has 8 heteroatoms. The number of aryl methyl sites for hydroxylation is 2. The minimum absolute atomic E-state index is 0.141. The number of fused-ring (bicyclic) bond motifs is 2. The van der Waals surface area contributed by atoms with E-state index in [0.717, 1.165) is 16.7 Å². The Morgan fingerprint density at radius 1 is 1.16 bits per heavy atom. The van der Waals surface area contributed by atoms with E-state index in [2.05, 4.69) is 10.3 Å². The second-order valence-electron chi connectivity index (χ2n) is 7.30. The quantitative estimate of drug-likeness (QED) is 0.510. The molecule has 1 aliphatic heterocycles. The Morgan fingerprint density at radius 2 is 1.97 bits per heavy atom. The van der Waals surface area contributed by atoms with Crippen molar-refractivity contribution in [3.63, 3.8) is 0 Å². The van der Waals surface area contributed by atoms with Crippen LogP contribution in [0.2, 0.25) is 0 Å². The van der Waals surface area contributed by atoms with Gasteiger partial charge in [-0.25, -0.2) is 4.98 Å². The minimum atomic E-state index is -0.199. The Morgan fingerprint density at radius 3 is 2.81 bits per heavy atom. The van der Waals surface area contributed by atoms with Crippen LogP contribution in [-0.2, 0) is 11.3 Å². The third kappa shape index (κ3) is 3.77. The minimum Gasteiger partial charge on any atom is -0.454 e. The number of benzene rings is 2. The summed E-state index contributed by atoms with van der Waals surface area (Å²) >= 11 is 1.45. The molecule has 0 radical (unpaired) electrons. The summed E-state index contributed by atoms with van der Waals surface area (Å²) in [5.74, 6) is 1.06. The number of nitrogens with one attached hydrogen (secondary N) is 1. The highest BCUT2D eigenvalue weighted by molar-refractivity contribution is 7.17. The van der Waals surface area contributed by atoms with Crippen molar-refractivity contribution in [2.45, 2.75) is 19.9 Å². The highest BCUT2D eigenvalue weighted by Gasteiger charge is 2.16. The molecule has 1 amide bonds. The van der Waals surface area contributed by atoms with Crippen molar-refractivity contribution < 1.29 is 14.3 Å². The summed E-state index contributed by atoms with van der Waals surface area (Å²) in [5, 5.41) is 5.38. The Hall–Kier alpha value is -3.65. The van der Waals surface area contributed by atoms with Crippen LogP contribution >= 0.6 is 11.3 Å². The third-order valence-corrected chi connectivity index (χ3v) is 6.05. The molecule has 2 aromatic heterocycles. The van der Waals surface area contributed by atoms with E-state index in [1.807, 2.05) is 36.6 Å². The second kappa shape index (κ2) is 7.88. The average Bonchev–Trinajstić information content (AvgIpc) is 3.41. The molecule has 0 atom stereocenters. The molecule has 0 aliphatic carbocycles. The lowest BCUT2D eigenvalue weighted by molar-refractivity contribution is -0.116. The fourth-order valence-electron chi connectivity index (χ4n) is 3.49. The predicted molar refractivity (Wildman–Crippen MR) is 120 cm³/mol. The van der Waals surface area contributed by atoms with Gasteiger partial charge < -0.3 is 14.8 Å². The number of aromatic nitrogens is 2. The SMILES string of the molecule is Cc1ccc(-c2csc3ncn(CCC(=O)Nc4ccc5c(c4)OCO5)c(=O)c23)cc1. The van der Waals surface area contributed by atoms with Crippen molar-refractivity contribution in [1.82, 2.24) is 9.55 Å². The van der Waals surface area contributed by atoms with Crippen LogP contribution in [0.15, 0.2) is 59.0 Å². The van der Waals surface area contributed by atoms with Crippen LogP contribution in [0, 0.1) is 6.92 Å². The molecule has 0 saturated carbocycles. The fraction of sp³-hybridized carbons (Fsp3) is 0.174. The van der Waals surface area contributed by atoms with E-state index in [0.29, 0.717) is 27.4 Å². The van der Waals surface area contributed by atoms with Crippen LogP contribution in [0.25, 0.3) is 21.3 Å². The Bertz CT molecular complexity index is 1340. The van der Waals surface area contributed by atoms with Crippen LogP contribution in [-0.4, -0.2) is 22.3 Å². The number of hydrogen-bond acceptors (Lipinski definition) is 6. The van der Waals surface area contributed by atoms with Gasteiger partial charge in [-0.05, 0) is 24.6 Å². The molecule has 0 spiro atoms. The van der Waals surface area contributed by atoms with Gasteiger partial charge in [0.1, 0.15) is 4.83 Å². The summed E-state index contributed by atoms with van der Waals surface area (Å²) in [6, 6.07) is 13.3. The maximum absolute atomic E-state index is 13.1. The molecule has 2 aromatic carbocycles. The van der Waals surface area contributed by atoms with E-state index >= 15 is 0 Å². The summed E-state index contributed by atoms with van der Waals surface area (Å²) in [4.78, 5) is 30.7. The summed E-state index contributed by atoms with van der Waals surface area (Å²) in [6.45, 7) is 2.44. The smallest absolute Gasteiger partial charge is 0.262 e. The standard InChI is InChI=1S/C23H19N3O4S/c1-14-2-4-15(5-3-14)17-11-31-22-21(17)23(28)26(12-24-22)9-8-20(27)25-16-6-7-18-19(10-16)30-13-29-18/h2-7,10-12H,8-9,13H2,1H3,(H,25,27). The van der Waals surface area contributed by atoms with Gasteiger partial charge in [-0.3, -0.25) is 14.2 Å². The van der Waals surface area contributed by atoms with Gasteiger partial charge >= 0.3 is 0 Å².